The molecule has 0 aromatic carbocycles. The third-order valence-electron chi connectivity index (χ3n) is 9.29. The maximum absolute atomic E-state index is 12.8. The van der Waals surface area contributed by atoms with Crippen LogP contribution in [0.5, 0.6) is 0 Å². The van der Waals surface area contributed by atoms with Gasteiger partial charge in [0.05, 0.1) is 0 Å². The molecule has 5 heteroatoms. The zero-order valence-electron chi connectivity index (χ0n) is 19.0. The first-order valence-electron chi connectivity index (χ1n) is 11.7. The lowest BCUT2D eigenvalue weighted by Crippen LogP contribution is -2.59. The van der Waals surface area contributed by atoms with E-state index in [2.05, 4.69) is 19.9 Å². The fourth-order valence-electron chi connectivity index (χ4n) is 8.11. The van der Waals surface area contributed by atoms with Crippen LogP contribution in [0.2, 0.25) is 0 Å². The van der Waals surface area contributed by atoms with Crippen LogP contribution in [-0.2, 0) is 23.9 Å². The predicted octanol–water partition coefficient (Wildman–Crippen LogP) is 4.63. The third kappa shape index (κ3) is 3.15. The van der Waals surface area contributed by atoms with E-state index in [-0.39, 0.29) is 40.9 Å². The van der Waals surface area contributed by atoms with Crippen LogP contribution in [0.25, 0.3) is 0 Å². The van der Waals surface area contributed by atoms with Crippen LogP contribution in [0.1, 0.15) is 79.6 Å². The van der Waals surface area contributed by atoms with Gasteiger partial charge in [-0.2, -0.15) is 0 Å². The Labute approximate surface area is 179 Å². The van der Waals surface area contributed by atoms with Crippen molar-refractivity contribution in [2.24, 2.45) is 34.5 Å². The molecule has 0 saturated heterocycles. The molecule has 0 amide bonds. The number of rotatable bonds is 2. The number of carbonyl (C=O) groups excluding carboxylic acids is 3. The smallest absolute Gasteiger partial charge is 0.303 e. The molecule has 4 fully saturated rings. The van der Waals surface area contributed by atoms with Gasteiger partial charge < -0.3 is 9.47 Å². The minimum absolute atomic E-state index is 0.0143. The van der Waals surface area contributed by atoms with Crippen LogP contribution in [-0.4, -0.2) is 29.9 Å². The van der Waals surface area contributed by atoms with Crippen molar-refractivity contribution in [2.75, 3.05) is 0 Å². The summed E-state index contributed by atoms with van der Waals surface area (Å²) in [5.74, 6) is 1.40. The normalized spacial score (nSPS) is 46.6. The zero-order chi connectivity index (χ0) is 21.8. The molecule has 0 aromatic rings. The van der Waals surface area contributed by atoms with Crippen LogP contribution in [0, 0.1) is 34.5 Å². The summed E-state index contributed by atoms with van der Waals surface area (Å²) in [6.45, 7) is 9.54. The van der Waals surface area contributed by atoms with Crippen molar-refractivity contribution in [3.63, 3.8) is 0 Å². The van der Waals surface area contributed by atoms with Gasteiger partial charge in [0.15, 0.2) is 5.78 Å². The summed E-state index contributed by atoms with van der Waals surface area (Å²) < 4.78 is 11.4. The van der Waals surface area contributed by atoms with Crippen molar-refractivity contribution in [2.45, 2.75) is 91.8 Å². The number of ether oxygens (including phenoxy) is 2. The summed E-state index contributed by atoms with van der Waals surface area (Å²) in [6.07, 6.45) is 7.90. The molecule has 0 N–H and O–H groups in total. The van der Waals surface area contributed by atoms with Crippen molar-refractivity contribution >= 4 is 17.7 Å². The monoisotopic (exact) mass is 416 g/mol. The van der Waals surface area contributed by atoms with Gasteiger partial charge in [0.1, 0.15) is 12.2 Å². The van der Waals surface area contributed by atoms with Gasteiger partial charge in [-0.25, -0.2) is 0 Å². The van der Waals surface area contributed by atoms with Crippen molar-refractivity contribution in [1.82, 2.24) is 0 Å². The lowest BCUT2D eigenvalue weighted by Gasteiger charge is -2.61. The van der Waals surface area contributed by atoms with E-state index in [1.165, 1.54) is 13.8 Å². The Kier molecular flexibility index (Phi) is 5.39. The average Bonchev–Trinajstić information content (AvgIpc) is 2.92. The fourth-order valence-corrected chi connectivity index (χ4v) is 8.11. The van der Waals surface area contributed by atoms with Gasteiger partial charge in [0.2, 0.25) is 0 Å². The van der Waals surface area contributed by atoms with Gasteiger partial charge in [0.25, 0.3) is 0 Å². The highest BCUT2D eigenvalue weighted by Gasteiger charge is 2.63. The molecule has 166 valence electrons. The van der Waals surface area contributed by atoms with Crippen molar-refractivity contribution in [3.8, 4) is 0 Å². The Bertz CT molecular complexity index is 784. The van der Waals surface area contributed by atoms with E-state index >= 15 is 0 Å². The number of carbonyl (C=O) groups is 3. The molecule has 4 rings (SSSR count). The van der Waals surface area contributed by atoms with Crippen LogP contribution < -0.4 is 0 Å². The van der Waals surface area contributed by atoms with Crippen molar-refractivity contribution < 1.29 is 23.9 Å². The van der Waals surface area contributed by atoms with E-state index in [9.17, 15) is 14.4 Å². The molecular weight excluding hydrogens is 380 g/mol. The fraction of sp³-hybridized carbons (Fsp3) is 0.800. The van der Waals surface area contributed by atoms with Crippen LogP contribution in [0.4, 0.5) is 0 Å². The lowest BCUT2D eigenvalue weighted by molar-refractivity contribution is -0.203. The molecule has 4 aliphatic carbocycles. The molecular formula is C25H36O5. The molecule has 0 aromatic heterocycles. The Balaban J connectivity index is 1.64. The van der Waals surface area contributed by atoms with Crippen molar-refractivity contribution in [1.29, 1.82) is 0 Å². The van der Waals surface area contributed by atoms with Crippen molar-refractivity contribution in [3.05, 3.63) is 11.6 Å². The zero-order valence-corrected chi connectivity index (χ0v) is 19.0. The molecule has 0 heterocycles. The Morgan fingerprint density at radius 3 is 2.27 bits per heavy atom. The summed E-state index contributed by atoms with van der Waals surface area (Å²) >= 11 is 0. The second-order valence-electron chi connectivity index (χ2n) is 10.6. The Hall–Kier alpha value is -1.65. The van der Waals surface area contributed by atoms with Gasteiger partial charge in [-0.3, -0.25) is 14.4 Å². The van der Waals surface area contributed by atoms with Crippen LogP contribution in [0.3, 0.4) is 0 Å². The average molecular weight is 417 g/mol. The first-order valence-corrected chi connectivity index (χ1v) is 11.7. The SMILES string of the molecule is CC=C1C(=O)CC2C3CCC4C(OC(C)=O)C(OC(C)=O)CCC4(C)C3CCC12C. The number of fused-ring (bicyclic) bond motifs is 5. The first-order chi connectivity index (χ1) is 14.1. The number of hydrogen-bond donors (Lipinski definition) is 0. The Morgan fingerprint density at radius 1 is 0.933 bits per heavy atom. The standard InChI is InChI=1S/C25H36O5/c1-6-17-21(28)13-20-16-7-8-19-23(30-15(3)27)22(29-14(2)26)10-12-25(19,5)18(16)9-11-24(17,20)4/h6,16,18-20,22-23H,7-13H2,1-5H3. The highest BCUT2D eigenvalue weighted by atomic mass is 16.6. The van der Waals surface area contributed by atoms with Gasteiger partial charge in [-0.1, -0.05) is 19.9 Å². The molecule has 4 aliphatic rings. The number of allylic oxidation sites excluding steroid dienone is 2. The molecule has 0 aliphatic heterocycles. The number of esters is 2. The summed E-state index contributed by atoms with van der Waals surface area (Å²) in [4.78, 5) is 36.3. The summed E-state index contributed by atoms with van der Waals surface area (Å²) in [5, 5.41) is 0. The molecule has 0 bridgehead atoms. The molecule has 30 heavy (non-hydrogen) atoms. The molecule has 5 nitrogen and oxygen atoms in total. The third-order valence-corrected chi connectivity index (χ3v) is 9.29. The summed E-state index contributed by atoms with van der Waals surface area (Å²) in [7, 11) is 0. The van der Waals surface area contributed by atoms with Crippen LogP contribution >= 0.6 is 0 Å². The second kappa shape index (κ2) is 7.49. The molecule has 8 atom stereocenters. The summed E-state index contributed by atoms with van der Waals surface area (Å²) in [5.41, 5.74) is 1.11. The highest BCUT2D eigenvalue weighted by Crippen LogP contribution is 2.67. The van der Waals surface area contributed by atoms with Crippen LogP contribution in [0.15, 0.2) is 11.6 Å². The van der Waals surface area contributed by atoms with Gasteiger partial charge >= 0.3 is 11.9 Å². The van der Waals surface area contributed by atoms with E-state index in [4.69, 9.17) is 9.47 Å². The number of ketones is 1. The molecule has 0 spiro atoms. The number of hydrogen-bond acceptors (Lipinski definition) is 5. The Morgan fingerprint density at radius 2 is 1.63 bits per heavy atom. The minimum Gasteiger partial charge on any atom is -0.459 e. The topological polar surface area (TPSA) is 69.7 Å². The quantitative estimate of drug-likeness (QED) is 0.485. The minimum atomic E-state index is -0.365. The van der Waals surface area contributed by atoms with E-state index in [1.54, 1.807) is 0 Å². The van der Waals surface area contributed by atoms with Gasteiger partial charge in [-0.05, 0) is 79.6 Å². The largest absolute Gasteiger partial charge is 0.459 e. The molecule has 8 unspecified atom stereocenters. The summed E-state index contributed by atoms with van der Waals surface area (Å²) in [6, 6.07) is 0. The first kappa shape index (κ1) is 21.6. The highest BCUT2D eigenvalue weighted by molar-refractivity contribution is 5.99. The van der Waals surface area contributed by atoms with Gasteiger partial charge in [0, 0.05) is 26.2 Å². The molecule has 4 saturated carbocycles. The maximum Gasteiger partial charge on any atom is 0.303 e. The van der Waals surface area contributed by atoms with E-state index in [0.717, 1.165) is 44.1 Å². The lowest BCUT2D eigenvalue weighted by atomic mass is 9.44. The molecule has 0 radical (unpaired) electrons. The number of Topliss-reactive ketones (excluding diaryl/α,β-unsaturated/α-hetero) is 1. The van der Waals surface area contributed by atoms with Gasteiger partial charge in [-0.15, -0.1) is 0 Å². The van der Waals surface area contributed by atoms with E-state index in [0.29, 0.717) is 30.0 Å². The second-order valence-corrected chi connectivity index (χ2v) is 10.6. The maximum atomic E-state index is 12.8. The van der Waals surface area contributed by atoms with E-state index in [1.807, 2.05) is 6.92 Å². The predicted molar refractivity (Wildman–Crippen MR) is 112 cm³/mol. The van der Waals surface area contributed by atoms with E-state index < -0.39 is 0 Å².